The van der Waals surface area contributed by atoms with Crippen LogP contribution in [0.5, 0.6) is 0 Å². The lowest BCUT2D eigenvalue weighted by molar-refractivity contribution is -0.870. The van der Waals surface area contributed by atoms with Crippen molar-refractivity contribution in [1.82, 2.24) is 5.32 Å². The van der Waals surface area contributed by atoms with E-state index in [1.165, 1.54) is 199 Å². The predicted molar refractivity (Wildman–Crippen MR) is 320 cm³/mol. The molecule has 8 nitrogen and oxygen atoms in total. The van der Waals surface area contributed by atoms with Gasteiger partial charge in [-0.3, -0.25) is 9.36 Å². The van der Waals surface area contributed by atoms with Crippen LogP contribution in [-0.4, -0.2) is 68.5 Å². The molecular formula is C65H121N2O6P. The van der Waals surface area contributed by atoms with Crippen LogP contribution in [0, 0.1) is 0 Å². The standard InChI is InChI=1S/C65H121N2O6P/c1-6-8-10-12-14-16-18-19-20-21-22-23-24-25-26-27-28-29-30-31-32-33-34-35-36-37-38-39-40-41-42-43-44-45-46-47-49-51-53-55-57-59-65(69)66-63(62-73-74(70,71)72-61-60-67(3,4)5)64(68)58-56-54-52-50-48-17-15-13-11-9-7-2/h8,10,14,16,19-20,22-23,48,50,56,58,63-64,68H,6-7,9,11-13,15,17-18,21,24-47,49,51-55,57,59-62H2,1-5H3,(H-,66,69,70,71)/b10-8-,16-14-,20-19-,23-22-,50-48+,58-56+. The number of hydrogen-bond acceptors (Lipinski definition) is 6. The number of phosphoric acid groups is 1. The minimum Gasteiger partial charge on any atom is -0.756 e. The van der Waals surface area contributed by atoms with Gasteiger partial charge in [-0.15, -0.1) is 0 Å². The number of nitrogens with one attached hydrogen (secondary N) is 1. The van der Waals surface area contributed by atoms with E-state index in [2.05, 4.69) is 79.9 Å². The highest BCUT2D eigenvalue weighted by Gasteiger charge is 2.23. The maximum atomic E-state index is 12.9. The largest absolute Gasteiger partial charge is 0.756 e. The number of hydrogen-bond donors (Lipinski definition) is 2. The van der Waals surface area contributed by atoms with Gasteiger partial charge >= 0.3 is 0 Å². The fourth-order valence-electron chi connectivity index (χ4n) is 9.05. The molecule has 0 heterocycles. The number of quaternary nitrogens is 1. The van der Waals surface area contributed by atoms with Crippen molar-refractivity contribution in [3.63, 3.8) is 0 Å². The summed E-state index contributed by atoms with van der Waals surface area (Å²) >= 11 is 0. The number of unbranched alkanes of at least 4 members (excludes halogenated alkanes) is 34. The molecule has 0 aromatic rings. The Bertz CT molecular complexity index is 1430. The van der Waals surface area contributed by atoms with Gasteiger partial charge in [0.2, 0.25) is 5.91 Å². The molecule has 0 aromatic heterocycles. The maximum absolute atomic E-state index is 12.9. The monoisotopic (exact) mass is 1060 g/mol. The first-order valence-electron chi connectivity index (χ1n) is 31.3. The second-order valence-electron chi connectivity index (χ2n) is 22.4. The molecule has 0 aliphatic heterocycles. The van der Waals surface area contributed by atoms with Gasteiger partial charge in [-0.25, -0.2) is 0 Å². The van der Waals surface area contributed by atoms with Crippen molar-refractivity contribution < 1.29 is 32.9 Å². The molecule has 3 unspecified atom stereocenters. The minimum atomic E-state index is -4.60. The molecule has 3 atom stereocenters. The average molecular weight is 1060 g/mol. The van der Waals surface area contributed by atoms with E-state index in [1.807, 2.05) is 27.2 Å². The normalized spacial score (nSPS) is 14.3. The number of carbonyl (C=O) groups is 1. The van der Waals surface area contributed by atoms with Crippen molar-refractivity contribution in [2.45, 2.75) is 296 Å². The molecule has 0 saturated carbocycles. The number of carbonyl (C=O) groups excluding carboxylic acids is 1. The highest BCUT2D eigenvalue weighted by molar-refractivity contribution is 7.45. The number of aliphatic hydroxyl groups excluding tert-OH is 1. The molecular weight excluding hydrogens is 936 g/mol. The SMILES string of the molecule is CC/C=C\C/C=C\C/C=C\C/C=C\CCCCCCCCCCCCCCCCCCCCCCCCCCCCCCC(=O)NC(COP(=O)([O-])OCC[N+](C)(C)C)C(O)/C=C/CC/C=C/CCCCCCC. The van der Waals surface area contributed by atoms with Crippen LogP contribution < -0.4 is 10.2 Å². The average Bonchev–Trinajstić information content (AvgIpc) is 3.36. The van der Waals surface area contributed by atoms with Crippen LogP contribution in [-0.2, 0) is 18.4 Å². The highest BCUT2D eigenvalue weighted by atomic mass is 31.2. The first kappa shape index (κ1) is 71.9. The van der Waals surface area contributed by atoms with Crippen molar-refractivity contribution >= 4 is 13.7 Å². The Balaban J connectivity index is 3.82. The van der Waals surface area contributed by atoms with Crippen molar-refractivity contribution in [2.75, 3.05) is 40.9 Å². The topological polar surface area (TPSA) is 108 Å². The molecule has 0 rings (SSSR count). The quantitative estimate of drug-likeness (QED) is 0.0272. The van der Waals surface area contributed by atoms with Crippen molar-refractivity contribution in [1.29, 1.82) is 0 Å². The van der Waals surface area contributed by atoms with Gasteiger partial charge in [0.1, 0.15) is 13.2 Å². The molecule has 0 aliphatic rings. The van der Waals surface area contributed by atoms with Gasteiger partial charge in [-0.05, 0) is 70.6 Å². The van der Waals surface area contributed by atoms with Crippen LogP contribution in [0.3, 0.4) is 0 Å². The summed E-state index contributed by atoms with van der Waals surface area (Å²) in [5.41, 5.74) is 0. The van der Waals surface area contributed by atoms with E-state index in [4.69, 9.17) is 9.05 Å². The maximum Gasteiger partial charge on any atom is 0.268 e. The Morgan fingerprint density at radius 1 is 0.486 bits per heavy atom. The van der Waals surface area contributed by atoms with Gasteiger partial charge in [0.05, 0.1) is 39.9 Å². The zero-order chi connectivity index (χ0) is 54.2. The summed E-state index contributed by atoms with van der Waals surface area (Å²) in [6.45, 7) is 4.50. The summed E-state index contributed by atoms with van der Waals surface area (Å²) in [4.78, 5) is 25.4. The van der Waals surface area contributed by atoms with Gasteiger partial charge in [0.25, 0.3) is 7.82 Å². The van der Waals surface area contributed by atoms with E-state index in [9.17, 15) is 19.4 Å². The molecule has 0 aromatic carbocycles. The minimum absolute atomic E-state index is 0.00625. The van der Waals surface area contributed by atoms with Gasteiger partial charge in [0.15, 0.2) is 0 Å². The lowest BCUT2D eigenvalue weighted by atomic mass is 10.0. The summed E-state index contributed by atoms with van der Waals surface area (Å²) in [7, 11) is 1.25. The summed E-state index contributed by atoms with van der Waals surface area (Å²) in [6, 6.07) is -0.902. The van der Waals surface area contributed by atoms with E-state index in [-0.39, 0.29) is 12.5 Å². The molecule has 9 heteroatoms. The Hall–Kier alpha value is -2.06. The Morgan fingerprint density at radius 3 is 1.26 bits per heavy atom. The molecule has 0 radical (unpaired) electrons. The third-order valence-electron chi connectivity index (χ3n) is 13.9. The number of allylic oxidation sites excluding steroid dienone is 11. The Morgan fingerprint density at radius 2 is 0.838 bits per heavy atom. The summed E-state index contributed by atoms with van der Waals surface area (Å²) in [5.74, 6) is -0.205. The molecule has 0 aliphatic carbocycles. The Labute approximate surface area is 459 Å². The summed E-state index contributed by atoms with van der Waals surface area (Å²) in [5, 5.41) is 13.8. The smallest absolute Gasteiger partial charge is 0.268 e. The van der Waals surface area contributed by atoms with Gasteiger partial charge in [0, 0.05) is 6.42 Å². The summed E-state index contributed by atoms with van der Waals surface area (Å²) < 4.78 is 23.3. The molecule has 1 amide bonds. The third-order valence-corrected chi connectivity index (χ3v) is 14.9. The van der Waals surface area contributed by atoms with Crippen LogP contribution in [0.2, 0.25) is 0 Å². The third kappa shape index (κ3) is 57.6. The zero-order valence-electron chi connectivity index (χ0n) is 49.3. The van der Waals surface area contributed by atoms with Gasteiger partial charge in [-0.1, -0.05) is 279 Å². The molecule has 74 heavy (non-hydrogen) atoms. The van der Waals surface area contributed by atoms with Crippen LogP contribution in [0.1, 0.15) is 284 Å². The number of rotatable bonds is 57. The number of phosphoric ester groups is 1. The fourth-order valence-corrected chi connectivity index (χ4v) is 9.77. The van der Waals surface area contributed by atoms with Crippen LogP contribution in [0.25, 0.3) is 0 Å². The fraction of sp³-hybridized carbons (Fsp3) is 0.800. The van der Waals surface area contributed by atoms with Crippen molar-refractivity contribution in [2.24, 2.45) is 0 Å². The number of amides is 1. The highest BCUT2D eigenvalue weighted by Crippen LogP contribution is 2.38. The first-order chi connectivity index (χ1) is 36.0. The lowest BCUT2D eigenvalue weighted by Crippen LogP contribution is -2.45. The molecule has 0 spiro atoms. The van der Waals surface area contributed by atoms with E-state index in [1.54, 1.807) is 6.08 Å². The number of likely N-dealkylation sites (N-methyl/N-ethyl adjacent to an activating group) is 1. The second kappa shape index (κ2) is 55.7. The molecule has 2 N–H and O–H groups in total. The van der Waals surface area contributed by atoms with E-state index < -0.39 is 26.6 Å². The number of aliphatic hydroxyl groups is 1. The first-order valence-corrected chi connectivity index (χ1v) is 32.8. The summed E-state index contributed by atoms with van der Waals surface area (Å²) in [6.07, 6.45) is 77.5. The Kier molecular flexibility index (Phi) is 54.1. The molecule has 0 bridgehead atoms. The molecule has 432 valence electrons. The van der Waals surface area contributed by atoms with E-state index >= 15 is 0 Å². The van der Waals surface area contributed by atoms with Gasteiger partial charge < -0.3 is 28.8 Å². The van der Waals surface area contributed by atoms with Crippen LogP contribution >= 0.6 is 7.82 Å². The van der Waals surface area contributed by atoms with Crippen molar-refractivity contribution in [3.8, 4) is 0 Å². The van der Waals surface area contributed by atoms with Crippen LogP contribution in [0.4, 0.5) is 0 Å². The van der Waals surface area contributed by atoms with E-state index in [0.717, 1.165) is 64.2 Å². The lowest BCUT2D eigenvalue weighted by Gasteiger charge is -2.29. The number of nitrogens with zero attached hydrogens (tertiary/aromatic N) is 1. The van der Waals surface area contributed by atoms with Crippen LogP contribution in [0.15, 0.2) is 72.9 Å². The van der Waals surface area contributed by atoms with Crippen molar-refractivity contribution in [3.05, 3.63) is 72.9 Å². The second-order valence-corrected chi connectivity index (χ2v) is 23.8. The van der Waals surface area contributed by atoms with E-state index in [0.29, 0.717) is 17.4 Å². The predicted octanol–water partition coefficient (Wildman–Crippen LogP) is 18.8. The molecule has 0 fully saturated rings. The molecule has 0 saturated heterocycles. The van der Waals surface area contributed by atoms with Gasteiger partial charge in [-0.2, -0.15) is 0 Å². The zero-order valence-corrected chi connectivity index (χ0v) is 50.2.